The fourth-order valence-electron chi connectivity index (χ4n) is 2.68. The second kappa shape index (κ2) is 4.20. The molecule has 0 bridgehead atoms. The second-order valence-corrected chi connectivity index (χ2v) is 5.29. The molecule has 0 spiro atoms. The second-order valence-electron chi connectivity index (χ2n) is 4.35. The molecule has 3 rings (SSSR count). The molecule has 1 aliphatic carbocycles. The largest absolute Gasteiger partial charge is 0.314 e. The summed E-state index contributed by atoms with van der Waals surface area (Å²) in [5, 5.41) is 3.41. The number of piperazine rings is 1. The van der Waals surface area contributed by atoms with Gasteiger partial charge in [0.25, 0.3) is 0 Å². The summed E-state index contributed by atoms with van der Waals surface area (Å²) >= 11 is 1.84. The standard InChI is InChI=1S/C11H17N3S/c1-2-9(14-6-4-12-5-7-14)11-10(3-1)15-8-13-11/h8-9,12H,1-7H2. The van der Waals surface area contributed by atoms with Crippen molar-refractivity contribution >= 4 is 11.3 Å². The summed E-state index contributed by atoms with van der Waals surface area (Å²) in [5.41, 5.74) is 3.40. The van der Waals surface area contributed by atoms with Crippen molar-refractivity contribution < 1.29 is 0 Å². The van der Waals surface area contributed by atoms with Crippen LogP contribution >= 0.6 is 11.3 Å². The summed E-state index contributed by atoms with van der Waals surface area (Å²) < 4.78 is 0. The smallest absolute Gasteiger partial charge is 0.0798 e. The van der Waals surface area contributed by atoms with Gasteiger partial charge in [-0.05, 0) is 19.3 Å². The predicted molar refractivity (Wildman–Crippen MR) is 62.2 cm³/mol. The van der Waals surface area contributed by atoms with Crippen LogP contribution in [-0.4, -0.2) is 36.1 Å². The number of nitrogens with one attached hydrogen (secondary N) is 1. The molecular weight excluding hydrogens is 206 g/mol. The van der Waals surface area contributed by atoms with Gasteiger partial charge in [-0.1, -0.05) is 0 Å². The van der Waals surface area contributed by atoms with Gasteiger partial charge in [0.15, 0.2) is 0 Å². The highest BCUT2D eigenvalue weighted by molar-refractivity contribution is 7.09. The van der Waals surface area contributed by atoms with E-state index in [4.69, 9.17) is 0 Å². The van der Waals surface area contributed by atoms with Gasteiger partial charge in [0.05, 0.1) is 17.2 Å². The molecule has 1 unspecified atom stereocenters. The first-order chi connectivity index (χ1) is 7.45. The normalized spacial score (nSPS) is 27.6. The van der Waals surface area contributed by atoms with Gasteiger partial charge in [0.2, 0.25) is 0 Å². The van der Waals surface area contributed by atoms with E-state index in [0.717, 1.165) is 13.1 Å². The Labute approximate surface area is 94.5 Å². The summed E-state index contributed by atoms with van der Waals surface area (Å²) in [6, 6.07) is 0.613. The summed E-state index contributed by atoms with van der Waals surface area (Å²) in [6.45, 7) is 4.63. The van der Waals surface area contributed by atoms with Gasteiger partial charge in [0.1, 0.15) is 0 Å². The van der Waals surface area contributed by atoms with Gasteiger partial charge in [-0.3, -0.25) is 4.90 Å². The van der Waals surface area contributed by atoms with Crippen molar-refractivity contribution in [2.45, 2.75) is 25.3 Å². The van der Waals surface area contributed by atoms with Crippen molar-refractivity contribution in [1.82, 2.24) is 15.2 Å². The zero-order chi connectivity index (χ0) is 10.1. The Morgan fingerprint density at radius 3 is 3.13 bits per heavy atom. The number of hydrogen-bond acceptors (Lipinski definition) is 4. The molecule has 3 nitrogen and oxygen atoms in total. The Morgan fingerprint density at radius 1 is 1.40 bits per heavy atom. The molecule has 1 aromatic heterocycles. The quantitative estimate of drug-likeness (QED) is 0.780. The first-order valence-corrected chi connectivity index (χ1v) is 6.70. The molecule has 82 valence electrons. The maximum absolute atomic E-state index is 4.57. The molecule has 2 aliphatic rings. The minimum Gasteiger partial charge on any atom is -0.314 e. The van der Waals surface area contributed by atoms with Crippen molar-refractivity contribution in [3.8, 4) is 0 Å². The van der Waals surface area contributed by atoms with E-state index in [9.17, 15) is 0 Å². The molecule has 1 aromatic rings. The molecule has 0 aromatic carbocycles. The highest BCUT2D eigenvalue weighted by atomic mass is 32.1. The van der Waals surface area contributed by atoms with E-state index in [1.54, 1.807) is 0 Å². The monoisotopic (exact) mass is 223 g/mol. The van der Waals surface area contributed by atoms with E-state index in [1.807, 2.05) is 16.8 Å². The van der Waals surface area contributed by atoms with Crippen LogP contribution in [0.4, 0.5) is 0 Å². The number of thiazole rings is 1. The third-order valence-electron chi connectivity index (χ3n) is 3.46. The zero-order valence-corrected chi connectivity index (χ0v) is 9.72. The van der Waals surface area contributed by atoms with Gasteiger partial charge in [-0.15, -0.1) is 11.3 Å². The van der Waals surface area contributed by atoms with E-state index in [2.05, 4.69) is 15.2 Å². The number of nitrogens with zero attached hydrogens (tertiary/aromatic N) is 2. The lowest BCUT2D eigenvalue weighted by Crippen LogP contribution is -2.45. The van der Waals surface area contributed by atoms with Gasteiger partial charge >= 0.3 is 0 Å². The maximum Gasteiger partial charge on any atom is 0.0798 e. The van der Waals surface area contributed by atoms with E-state index in [1.165, 1.54) is 42.9 Å². The number of aryl methyl sites for hydroxylation is 1. The Bertz CT molecular complexity index is 330. The van der Waals surface area contributed by atoms with E-state index in [0.29, 0.717) is 6.04 Å². The van der Waals surface area contributed by atoms with Crippen LogP contribution in [0, 0.1) is 0 Å². The molecule has 1 aliphatic heterocycles. The van der Waals surface area contributed by atoms with Gasteiger partial charge in [-0.2, -0.15) is 0 Å². The molecule has 1 fully saturated rings. The zero-order valence-electron chi connectivity index (χ0n) is 8.91. The predicted octanol–water partition coefficient (Wildman–Crippen LogP) is 1.43. The Balaban J connectivity index is 1.82. The molecule has 15 heavy (non-hydrogen) atoms. The number of fused-ring (bicyclic) bond motifs is 1. The molecule has 0 amide bonds. The minimum absolute atomic E-state index is 0.613. The highest BCUT2D eigenvalue weighted by Gasteiger charge is 2.28. The highest BCUT2D eigenvalue weighted by Crippen LogP contribution is 2.35. The molecular formula is C11H17N3S. The van der Waals surface area contributed by atoms with Crippen molar-refractivity contribution in [3.63, 3.8) is 0 Å². The average molecular weight is 223 g/mol. The summed E-state index contributed by atoms with van der Waals surface area (Å²) in [4.78, 5) is 8.71. The third-order valence-corrected chi connectivity index (χ3v) is 4.37. The van der Waals surface area contributed by atoms with Crippen molar-refractivity contribution in [3.05, 3.63) is 16.1 Å². The fourth-order valence-corrected chi connectivity index (χ4v) is 3.55. The van der Waals surface area contributed by atoms with Crippen LogP contribution in [0.15, 0.2) is 5.51 Å². The lowest BCUT2D eigenvalue weighted by molar-refractivity contribution is 0.155. The molecule has 4 heteroatoms. The van der Waals surface area contributed by atoms with Gasteiger partial charge < -0.3 is 5.32 Å². The van der Waals surface area contributed by atoms with E-state index >= 15 is 0 Å². The van der Waals surface area contributed by atoms with Crippen LogP contribution in [0.25, 0.3) is 0 Å². The fraction of sp³-hybridized carbons (Fsp3) is 0.727. The first-order valence-electron chi connectivity index (χ1n) is 5.82. The van der Waals surface area contributed by atoms with Crippen LogP contribution in [-0.2, 0) is 6.42 Å². The van der Waals surface area contributed by atoms with E-state index < -0.39 is 0 Å². The van der Waals surface area contributed by atoms with Crippen molar-refractivity contribution in [2.75, 3.05) is 26.2 Å². The number of rotatable bonds is 1. The van der Waals surface area contributed by atoms with Crippen LogP contribution in [0.3, 0.4) is 0 Å². The number of aromatic nitrogens is 1. The minimum atomic E-state index is 0.613. The van der Waals surface area contributed by atoms with E-state index in [-0.39, 0.29) is 0 Å². The van der Waals surface area contributed by atoms with Crippen LogP contribution in [0.5, 0.6) is 0 Å². The molecule has 2 heterocycles. The van der Waals surface area contributed by atoms with Crippen LogP contribution < -0.4 is 5.32 Å². The SMILES string of the molecule is c1nc2c(s1)CCCC2N1CCNCC1. The topological polar surface area (TPSA) is 28.2 Å². The first kappa shape index (κ1) is 9.75. The lowest BCUT2D eigenvalue weighted by atomic mass is 9.96. The molecule has 1 atom stereocenters. The van der Waals surface area contributed by atoms with Crippen molar-refractivity contribution in [1.29, 1.82) is 0 Å². The summed E-state index contributed by atoms with van der Waals surface area (Å²) in [6.07, 6.45) is 3.89. The molecule has 1 N–H and O–H groups in total. The van der Waals surface area contributed by atoms with Crippen LogP contribution in [0.2, 0.25) is 0 Å². The molecule has 1 saturated heterocycles. The Kier molecular flexibility index (Phi) is 2.73. The third kappa shape index (κ3) is 1.82. The maximum atomic E-state index is 4.57. The Morgan fingerprint density at radius 2 is 2.27 bits per heavy atom. The molecule has 0 saturated carbocycles. The average Bonchev–Trinajstić information content (AvgIpc) is 2.78. The lowest BCUT2D eigenvalue weighted by Gasteiger charge is -2.36. The molecule has 0 radical (unpaired) electrons. The van der Waals surface area contributed by atoms with Gasteiger partial charge in [-0.25, -0.2) is 4.98 Å². The van der Waals surface area contributed by atoms with Crippen molar-refractivity contribution in [2.24, 2.45) is 0 Å². The summed E-state index contributed by atoms with van der Waals surface area (Å²) in [7, 11) is 0. The van der Waals surface area contributed by atoms with Crippen LogP contribution in [0.1, 0.15) is 29.5 Å². The Hall–Kier alpha value is -0.450. The van der Waals surface area contributed by atoms with Gasteiger partial charge in [0, 0.05) is 31.1 Å². The number of hydrogen-bond donors (Lipinski definition) is 1. The summed E-state index contributed by atoms with van der Waals surface area (Å²) in [5.74, 6) is 0.